The van der Waals surface area contributed by atoms with Crippen LogP contribution in [-0.2, 0) is 9.59 Å². The van der Waals surface area contributed by atoms with Gasteiger partial charge in [-0.15, -0.1) is 0 Å². The predicted molar refractivity (Wildman–Crippen MR) is 73.7 cm³/mol. The molecule has 0 aliphatic heterocycles. The quantitative estimate of drug-likeness (QED) is 0.891. The molecule has 0 unspecified atom stereocenters. The summed E-state index contributed by atoms with van der Waals surface area (Å²) in [7, 11) is 0. The van der Waals surface area contributed by atoms with Crippen molar-refractivity contribution in [2.24, 2.45) is 5.41 Å². The van der Waals surface area contributed by atoms with E-state index in [4.69, 9.17) is 0 Å². The topological polar surface area (TPSA) is 79.3 Å². The van der Waals surface area contributed by atoms with E-state index in [9.17, 15) is 14.7 Å². The third-order valence-corrected chi connectivity index (χ3v) is 4.19. The fraction of sp³-hybridized carbons (Fsp3) is 0.462. The van der Waals surface area contributed by atoms with Gasteiger partial charge in [0.25, 0.3) is 0 Å². The minimum atomic E-state index is -0.885. The highest BCUT2D eigenvalue weighted by Crippen LogP contribution is 2.41. The van der Waals surface area contributed by atoms with Gasteiger partial charge in [0.2, 0.25) is 5.91 Å². The van der Waals surface area contributed by atoms with Crippen LogP contribution in [0.3, 0.4) is 0 Å². The number of rotatable bonds is 4. The zero-order valence-corrected chi connectivity index (χ0v) is 11.9. The van der Waals surface area contributed by atoms with Crippen LogP contribution in [0.4, 0.5) is 5.69 Å². The molecule has 1 aromatic rings. The van der Waals surface area contributed by atoms with E-state index in [2.05, 4.69) is 26.2 Å². The number of nitrogens with one attached hydrogen (secondary N) is 1. The highest BCUT2D eigenvalue weighted by Gasteiger charge is 2.42. The minimum Gasteiger partial charge on any atom is -0.481 e. The summed E-state index contributed by atoms with van der Waals surface area (Å²) in [6, 6.07) is 1.67. The molecule has 0 spiro atoms. The third-order valence-electron chi connectivity index (χ3n) is 3.56. The number of aromatic nitrogens is 1. The summed E-state index contributed by atoms with van der Waals surface area (Å²) in [5.74, 6) is -1.13. The molecule has 1 fully saturated rings. The van der Waals surface area contributed by atoms with Gasteiger partial charge in [0.05, 0.1) is 15.6 Å². The van der Waals surface area contributed by atoms with Gasteiger partial charge >= 0.3 is 5.97 Å². The van der Waals surface area contributed by atoms with Gasteiger partial charge in [0, 0.05) is 18.8 Å². The van der Waals surface area contributed by atoms with Gasteiger partial charge in [0.15, 0.2) is 0 Å². The summed E-state index contributed by atoms with van der Waals surface area (Å²) in [5, 5.41) is 12.1. The molecule has 0 aromatic carbocycles. The maximum atomic E-state index is 12.0. The third kappa shape index (κ3) is 3.12. The molecule has 0 bridgehead atoms. The lowest BCUT2D eigenvalue weighted by molar-refractivity contribution is -0.150. The first kappa shape index (κ1) is 14.0. The van der Waals surface area contributed by atoms with Crippen molar-refractivity contribution in [2.75, 3.05) is 5.32 Å². The number of pyridine rings is 1. The smallest absolute Gasteiger partial charge is 0.310 e. The summed E-state index contributed by atoms with van der Waals surface area (Å²) >= 11 is 3.29. The molecular weight excluding hydrogens is 312 g/mol. The van der Waals surface area contributed by atoms with E-state index in [1.165, 1.54) is 0 Å². The number of carbonyl (C=O) groups excluding carboxylic acids is 1. The van der Waals surface area contributed by atoms with Crippen molar-refractivity contribution in [2.45, 2.75) is 32.1 Å². The molecule has 1 heterocycles. The molecule has 2 N–H and O–H groups in total. The van der Waals surface area contributed by atoms with E-state index in [1.54, 1.807) is 18.5 Å². The van der Waals surface area contributed by atoms with Gasteiger partial charge in [0.1, 0.15) is 0 Å². The first-order valence-corrected chi connectivity index (χ1v) is 6.96. The number of amides is 1. The van der Waals surface area contributed by atoms with Crippen LogP contribution in [0.15, 0.2) is 22.9 Å². The van der Waals surface area contributed by atoms with Crippen molar-refractivity contribution in [3.05, 3.63) is 22.9 Å². The second kappa shape index (κ2) is 5.69. The molecule has 1 aliphatic rings. The number of carboxylic acids is 1. The predicted octanol–water partition coefficient (Wildman–Crippen LogP) is 2.82. The second-order valence-electron chi connectivity index (χ2n) is 4.87. The summed E-state index contributed by atoms with van der Waals surface area (Å²) in [4.78, 5) is 27.3. The highest BCUT2D eigenvalue weighted by molar-refractivity contribution is 9.10. The van der Waals surface area contributed by atoms with Crippen LogP contribution in [0.2, 0.25) is 0 Å². The summed E-state index contributed by atoms with van der Waals surface area (Å²) in [6.45, 7) is 0. The number of anilines is 1. The first-order valence-electron chi connectivity index (χ1n) is 6.16. The Kier molecular flexibility index (Phi) is 4.19. The van der Waals surface area contributed by atoms with E-state index in [0.29, 0.717) is 23.0 Å². The standard InChI is InChI=1S/C13H15BrN2O3/c14-9-8-15-6-3-10(9)16-11(17)7-13(12(18)19)4-1-2-5-13/h3,6,8H,1-2,4-5,7H2,(H,18,19)(H,15,16,17). The Morgan fingerprint density at radius 3 is 2.68 bits per heavy atom. The van der Waals surface area contributed by atoms with Gasteiger partial charge in [-0.3, -0.25) is 14.6 Å². The number of aliphatic carboxylic acids is 1. The molecule has 0 atom stereocenters. The normalized spacial score (nSPS) is 17.1. The SMILES string of the molecule is O=C(CC1(C(=O)O)CCCC1)Nc1ccncc1Br. The molecule has 6 heteroatoms. The largest absolute Gasteiger partial charge is 0.481 e. The molecule has 1 aromatic heterocycles. The van der Waals surface area contributed by atoms with Gasteiger partial charge in [-0.1, -0.05) is 12.8 Å². The molecule has 0 radical (unpaired) electrons. The Morgan fingerprint density at radius 2 is 2.11 bits per heavy atom. The number of nitrogens with zero attached hydrogens (tertiary/aromatic N) is 1. The fourth-order valence-electron chi connectivity index (χ4n) is 2.50. The molecule has 2 rings (SSSR count). The Labute approximate surface area is 119 Å². The van der Waals surface area contributed by atoms with E-state index < -0.39 is 11.4 Å². The van der Waals surface area contributed by atoms with Gasteiger partial charge in [-0.2, -0.15) is 0 Å². The van der Waals surface area contributed by atoms with Crippen molar-refractivity contribution in [1.29, 1.82) is 0 Å². The van der Waals surface area contributed by atoms with Crippen LogP contribution >= 0.6 is 15.9 Å². The van der Waals surface area contributed by atoms with Crippen LogP contribution in [0.25, 0.3) is 0 Å². The van der Waals surface area contributed by atoms with E-state index in [0.717, 1.165) is 12.8 Å². The molecular formula is C13H15BrN2O3. The van der Waals surface area contributed by atoms with E-state index >= 15 is 0 Å². The molecule has 1 saturated carbocycles. The molecule has 1 aliphatic carbocycles. The summed E-state index contributed by atoms with van der Waals surface area (Å²) < 4.78 is 0.680. The van der Waals surface area contributed by atoms with Crippen molar-refractivity contribution in [1.82, 2.24) is 4.98 Å². The highest BCUT2D eigenvalue weighted by atomic mass is 79.9. The number of carboxylic acid groups (broad SMARTS) is 1. The Bertz CT molecular complexity index is 498. The van der Waals surface area contributed by atoms with E-state index in [-0.39, 0.29) is 12.3 Å². The maximum absolute atomic E-state index is 12.0. The van der Waals surface area contributed by atoms with Crippen LogP contribution in [-0.4, -0.2) is 22.0 Å². The molecule has 0 saturated heterocycles. The van der Waals surface area contributed by atoms with Gasteiger partial charge < -0.3 is 10.4 Å². The van der Waals surface area contributed by atoms with E-state index in [1.807, 2.05) is 0 Å². The van der Waals surface area contributed by atoms with Crippen LogP contribution in [0, 0.1) is 5.41 Å². The lowest BCUT2D eigenvalue weighted by Gasteiger charge is -2.22. The molecule has 1 amide bonds. The fourth-order valence-corrected chi connectivity index (χ4v) is 2.85. The van der Waals surface area contributed by atoms with Crippen molar-refractivity contribution >= 4 is 33.5 Å². The average Bonchev–Trinajstić information content (AvgIpc) is 2.82. The van der Waals surface area contributed by atoms with Crippen LogP contribution in [0.5, 0.6) is 0 Å². The Balaban J connectivity index is 2.05. The zero-order valence-electron chi connectivity index (χ0n) is 10.4. The second-order valence-corrected chi connectivity index (χ2v) is 5.73. The van der Waals surface area contributed by atoms with Gasteiger partial charge in [-0.05, 0) is 34.8 Å². The average molecular weight is 327 g/mol. The van der Waals surface area contributed by atoms with Crippen LogP contribution < -0.4 is 5.32 Å². The van der Waals surface area contributed by atoms with Crippen molar-refractivity contribution in [3.8, 4) is 0 Å². The number of hydrogen-bond acceptors (Lipinski definition) is 3. The summed E-state index contributed by atoms with van der Waals surface area (Å²) in [5.41, 5.74) is -0.276. The van der Waals surface area contributed by atoms with Crippen LogP contribution in [0.1, 0.15) is 32.1 Å². The zero-order chi connectivity index (χ0) is 13.9. The Morgan fingerprint density at radius 1 is 1.42 bits per heavy atom. The number of hydrogen-bond donors (Lipinski definition) is 2. The maximum Gasteiger partial charge on any atom is 0.310 e. The van der Waals surface area contributed by atoms with Crippen molar-refractivity contribution < 1.29 is 14.7 Å². The molecule has 5 nitrogen and oxygen atoms in total. The first-order chi connectivity index (χ1) is 9.03. The number of carbonyl (C=O) groups is 2. The molecule has 19 heavy (non-hydrogen) atoms. The van der Waals surface area contributed by atoms with Gasteiger partial charge in [-0.25, -0.2) is 0 Å². The summed E-state index contributed by atoms with van der Waals surface area (Å²) in [6.07, 6.45) is 6.08. The lowest BCUT2D eigenvalue weighted by atomic mass is 9.82. The number of halogens is 1. The molecule has 102 valence electrons. The lowest BCUT2D eigenvalue weighted by Crippen LogP contribution is -2.32. The monoisotopic (exact) mass is 326 g/mol. The van der Waals surface area contributed by atoms with Crippen molar-refractivity contribution in [3.63, 3.8) is 0 Å². The minimum absolute atomic E-state index is 0.0249. The Hall–Kier alpha value is -1.43.